The molecule has 1 N–H and O–H groups in total. The maximum absolute atomic E-state index is 14.9. The number of thiazole rings is 1. The van der Waals surface area contributed by atoms with E-state index in [2.05, 4.69) is 16.9 Å². The zero-order chi connectivity index (χ0) is 28.4. The summed E-state index contributed by atoms with van der Waals surface area (Å²) in [6.07, 6.45) is 2.16. The van der Waals surface area contributed by atoms with Crippen molar-refractivity contribution in [2.45, 2.75) is 64.5 Å². The number of carbonyl (C=O) groups is 2. The first-order valence-corrected chi connectivity index (χ1v) is 13.4. The number of aliphatic carboxylic acids is 1. The summed E-state index contributed by atoms with van der Waals surface area (Å²) in [7, 11) is 0. The van der Waals surface area contributed by atoms with E-state index in [1.165, 1.54) is 24.5 Å². The van der Waals surface area contributed by atoms with Crippen LogP contribution >= 0.6 is 11.3 Å². The molecule has 0 unspecified atom stereocenters. The SMILES string of the molecule is CCCCCCCCc1ccc(N(C(=O)OCCC(=O)O)c2nc(-c3cccnc3)c(F)s2)cc1C(F)(F)F. The van der Waals surface area contributed by atoms with Crippen molar-refractivity contribution < 1.29 is 37.0 Å². The Morgan fingerprint density at radius 3 is 2.51 bits per heavy atom. The molecule has 1 aromatic carbocycles. The van der Waals surface area contributed by atoms with E-state index in [1.807, 2.05) is 0 Å². The van der Waals surface area contributed by atoms with Crippen molar-refractivity contribution in [3.8, 4) is 11.3 Å². The topological polar surface area (TPSA) is 92.6 Å². The number of benzene rings is 1. The molecule has 39 heavy (non-hydrogen) atoms. The summed E-state index contributed by atoms with van der Waals surface area (Å²) in [5.41, 5.74) is -0.895. The molecule has 210 valence electrons. The smallest absolute Gasteiger partial charge is 0.420 e. The fourth-order valence-corrected chi connectivity index (χ4v) is 4.76. The molecule has 0 aliphatic rings. The van der Waals surface area contributed by atoms with Gasteiger partial charge in [0, 0.05) is 18.0 Å². The van der Waals surface area contributed by atoms with Crippen LogP contribution < -0.4 is 4.90 Å². The molecule has 0 saturated carbocycles. The molecule has 0 bridgehead atoms. The van der Waals surface area contributed by atoms with Gasteiger partial charge in [-0.05, 0) is 42.7 Å². The number of anilines is 2. The highest BCUT2D eigenvalue weighted by atomic mass is 32.1. The number of rotatable bonds is 13. The number of alkyl halides is 3. The fourth-order valence-electron chi connectivity index (χ4n) is 3.93. The Morgan fingerprint density at radius 2 is 1.85 bits per heavy atom. The number of nitrogens with zero attached hydrogens (tertiary/aromatic N) is 3. The Hall–Kier alpha value is -3.54. The van der Waals surface area contributed by atoms with Crippen LogP contribution in [0.2, 0.25) is 0 Å². The third-order valence-corrected chi connectivity index (χ3v) is 6.71. The van der Waals surface area contributed by atoms with Gasteiger partial charge in [0.1, 0.15) is 12.3 Å². The molecular formula is C27H29F4N3O4S. The van der Waals surface area contributed by atoms with E-state index in [-0.39, 0.29) is 28.5 Å². The summed E-state index contributed by atoms with van der Waals surface area (Å²) < 4.78 is 62.1. The number of hydrogen-bond donors (Lipinski definition) is 1. The van der Waals surface area contributed by atoms with E-state index in [4.69, 9.17) is 9.84 Å². The van der Waals surface area contributed by atoms with Gasteiger partial charge in [0.2, 0.25) is 10.3 Å². The Labute approximate surface area is 227 Å². The highest BCUT2D eigenvalue weighted by Crippen LogP contribution is 2.40. The third kappa shape index (κ3) is 8.47. The van der Waals surface area contributed by atoms with Crippen molar-refractivity contribution in [3.63, 3.8) is 0 Å². The molecule has 0 aliphatic carbocycles. The molecule has 0 aliphatic heterocycles. The van der Waals surface area contributed by atoms with Gasteiger partial charge in [0.25, 0.3) is 0 Å². The number of carbonyl (C=O) groups excluding carboxylic acids is 1. The number of aromatic nitrogens is 2. The minimum Gasteiger partial charge on any atom is -0.481 e. The van der Waals surface area contributed by atoms with Gasteiger partial charge in [-0.3, -0.25) is 9.78 Å². The first kappa shape index (κ1) is 30.0. The second-order valence-electron chi connectivity index (χ2n) is 8.81. The summed E-state index contributed by atoms with van der Waals surface area (Å²) in [6.45, 7) is 1.55. The van der Waals surface area contributed by atoms with Crippen LogP contribution in [-0.2, 0) is 22.1 Å². The van der Waals surface area contributed by atoms with Crippen LogP contribution in [0.15, 0.2) is 42.7 Å². The molecule has 3 aromatic rings. The Bertz CT molecular complexity index is 1250. The molecule has 3 rings (SSSR count). The Morgan fingerprint density at radius 1 is 1.10 bits per heavy atom. The van der Waals surface area contributed by atoms with Crippen molar-refractivity contribution in [2.24, 2.45) is 0 Å². The lowest BCUT2D eigenvalue weighted by Crippen LogP contribution is -2.28. The average molecular weight is 568 g/mol. The van der Waals surface area contributed by atoms with Gasteiger partial charge in [-0.2, -0.15) is 17.6 Å². The molecule has 12 heteroatoms. The number of unbranched alkanes of at least 4 members (excludes halogenated alkanes) is 5. The second kappa shape index (κ2) is 14.0. The van der Waals surface area contributed by atoms with Gasteiger partial charge < -0.3 is 9.84 Å². The van der Waals surface area contributed by atoms with E-state index >= 15 is 0 Å². The predicted octanol–water partition coefficient (Wildman–Crippen LogP) is 8.02. The lowest BCUT2D eigenvalue weighted by atomic mass is 9.99. The van der Waals surface area contributed by atoms with E-state index in [0.717, 1.165) is 43.1 Å². The summed E-state index contributed by atoms with van der Waals surface area (Å²) in [6, 6.07) is 6.54. The summed E-state index contributed by atoms with van der Waals surface area (Å²) in [4.78, 5) is 32.6. The van der Waals surface area contributed by atoms with Crippen LogP contribution in [0.3, 0.4) is 0 Å². The van der Waals surface area contributed by atoms with E-state index < -0.39 is 42.0 Å². The largest absolute Gasteiger partial charge is 0.481 e. The molecule has 0 fully saturated rings. The standard InChI is InChI=1S/C27H29F4N3O4S/c1-2-3-4-5-6-7-9-18-11-12-20(16-21(18)27(29,30)31)34(26(37)38-15-13-22(35)36)25-33-23(24(28)39-25)19-10-8-14-32-17-19/h8,10-12,14,16-17H,2-7,9,13,15H2,1H3,(H,35,36). The molecule has 2 heterocycles. The van der Waals surface area contributed by atoms with Gasteiger partial charge in [-0.1, -0.05) is 56.4 Å². The van der Waals surface area contributed by atoms with Gasteiger partial charge in [0.15, 0.2) is 0 Å². The third-order valence-electron chi connectivity index (χ3n) is 5.88. The monoisotopic (exact) mass is 567 g/mol. The number of ether oxygens (including phenoxy) is 1. The number of carboxylic acid groups (broad SMARTS) is 1. The highest BCUT2D eigenvalue weighted by Gasteiger charge is 2.35. The van der Waals surface area contributed by atoms with Crippen LogP contribution in [0.1, 0.15) is 63.0 Å². The molecule has 2 aromatic heterocycles. The average Bonchev–Trinajstić information content (AvgIpc) is 3.27. The quantitative estimate of drug-likeness (QED) is 0.166. The van der Waals surface area contributed by atoms with Gasteiger partial charge >= 0.3 is 18.2 Å². The minimum atomic E-state index is -4.71. The van der Waals surface area contributed by atoms with Crippen molar-refractivity contribution in [2.75, 3.05) is 11.5 Å². The van der Waals surface area contributed by atoms with E-state index in [1.54, 1.807) is 12.1 Å². The molecule has 0 saturated heterocycles. The van der Waals surface area contributed by atoms with Crippen molar-refractivity contribution in [1.29, 1.82) is 0 Å². The van der Waals surface area contributed by atoms with Crippen molar-refractivity contribution in [1.82, 2.24) is 9.97 Å². The Kier molecular flexibility index (Phi) is 10.8. The number of hydrogen-bond acceptors (Lipinski definition) is 6. The fraction of sp³-hybridized carbons (Fsp3) is 0.407. The summed E-state index contributed by atoms with van der Waals surface area (Å²) in [5.74, 6) is -1.23. The molecule has 1 amide bonds. The normalized spacial score (nSPS) is 11.4. The maximum Gasteiger partial charge on any atom is 0.420 e. The predicted molar refractivity (Wildman–Crippen MR) is 140 cm³/mol. The van der Waals surface area contributed by atoms with Crippen LogP contribution in [0.5, 0.6) is 0 Å². The van der Waals surface area contributed by atoms with E-state index in [0.29, 0.717) is 23.3 Å². The number of halogens is 4. The number of carboxylic acids is 1. The highest BCUT2D eigenvalue weighted by molar-refractivity contribution is 7.14. The van der Waals surface area contributed by atoms with Crippen molar-refractivity contribution >= 4 is 34.2 Å². The first-order valence-electron chi connectivity index (χ1n) is 12.6. The van der Waals surface area contributed by atoms with Gasteiger partial charge in [0.05, 0.1) is 17.7 Å². The molecule has 0 atom stereocenters. The lowest BCUT2D eigenvalue weighted by molar-refractivity contribution is -0.139. The molecule has 7 nitrogen and oxygen atoms in total. The summed E-state index contributed by atoms with van der Waals surface area (Å²) in [5, 5.41) is 7.80. The van der Waals surface area contributed by atoms with Crippen LogP contribution in [-0.4, -0.2) is 33.7 Å². The zero-order valence-corrected chi connectivity index (χ0v) is 22.2. The summed E-state index contributed by atoms with van der Waals surface area (Å²) >= 11 is 0.443. The van der Waals surface area contributed by atoms with Crippen LogP contribution in [0.4, 0.5) is 33.2 Å². The molecule has 0 radical (unpaired) electrons. The molecule has 0 spiro atoms. The first-order chi connectivity index (χ1) is 18.6. The van der Waals surface area contributed by atoms with Crippen molar-refractivity contribution in [3.05, 3.63) is 59.0 Å². The second-order valence-corrected chi connectivity index (χ2v) is 9.74. The Balaban J connectivity index is 1.96. The maximum atomic E-state index is 14.9. The van der Waals surface area contributed by atoms with Gasteiger partial charge in [-0.25, -0.2) is 14.7 Å². The van der Waals surface area contributed by atoms with Crippen LogP contribution in [0.25, 0.3) is 11.3 Å². The van der Waals surface area contributed by atoms with Gasteiger partial charge in [-0.15, -0.1) is 0 Å². The minimum absolute atomic E-state index is 0.0855. The van der Waals surface area contributed by atoms with E-state index in [9.17, 15) is 27.2 Å². The number of aryl methyl sites for hydroxylation is 1. The number of pyridine rings is 1. The number of amides is 1. The van der Waals surface area contributed by atoms with Crippen LogP contribution in [0, 0.1) is 5.13 Å². The zero-order valence-electron chi connectivity index (χ0n) is 21.3. The lowest BCUT2D eigenvalue weighted by Gasteiger charge is -2.22. The molecular weight excluding hydrogens is 538 g/mol.